The van der Waals surface area contributed by atoms with Crippen LogP contribution in [0.25, 0.3) is 22.2 Å². The second kappa shape index (κ2) is 7.18. The van der Waals surface area contributed by atoms with Crippen molar-refractivity contribution >= 4 is 46.5 Å². The van der Waals surface area contributed by atoms with E-state index in [1.807, 2.05) is 0 Å². The third kappa shape index (κ3) is 3.46. The van der Waals surface area contributed by atoms with Gasteiger partial charge in [0.2, 0.25) is 0 Å². The highest BCUT2D eigenvalue weighted by Crippen LogP contribution is 2.38. The van der Waals surface area contributed by atoms with E-state index in [1.54, 1.807) is 30.3 Å². The van der Waals surface area contributed by atoms with E-state index in [-0.39, 0.29) is 29.5 Å². The summed E-state index contributed by atoms with van der Waals surface area (Å²) < 4.78 is 39.8. The number of hydrogen-bond acceptors (Lipinski definition) is 1. The van der Waals surface area contributed by atoms with E-state index in [4.69, 9.17) is 23.2 Å². The summed E-state index contributed by atoms with van der Waals surface area (Å²) in [6.45, 7) is 0. The van der Waals surface area contributed by atoms with Crippen molar-refractivity contribution < 1.29 is 13.2 Å². The first-order valence-electron chi connectivity index (χ1n) is 6.72. The van der Waals surface area contributed by atoms with Crippen LogP contribution in [-0.4, -0.2) is 4.98 Å². The van der Waals surface area contributed by atoms with Crippen molar-refractivity contribution in [2.75, 3.05) is 0 Å². The fourth-order valence-electron chi connectivity index (χ4n) is 2.47. The van der Waals surface area contributed by atoms with Crippen molar-refractivity contribution in [2.45, 2.75) is 12.1 Å². The van der Waals surface area contributed by atoms with Gasteiger partial charge in [-0.25, -0.2) is 4.98 Å². The number of benzene rings is 2. The van der Waals surface area contributed by atoms with E-state index in [0.717, 1.165) is 6.07 Å². The van der Waals surface area contributed by atoms with E-state index in [0.29, 0.717) is 21.5 Å². The average Bonchev–Trinajstić information content (AvgIpc) is 2.53. The van der Waals surface area contributed by atoms with Gasteiger partial charge in [0.15, 0.2) is 0 Å². The van der Waals surface area contributed by atoms with Crippen LogP contribution in [0.4, 0.5) is 13.2 Å². The lowest BCUT2D eigenvalue weighted by atomic mass is 9.99. The highest BCUT2D eigenvalue weighted by atomic mass is 35.5. The summed E-state index contributed by atoms with van der Waals surface area (Å²) in [7, 11) is 0. The molecule has 2 aromatic carbocycles. The Morgan fingerprint density at radius 3 is 2.38 bits per heavy atom. The smallest absolute Gasteiger partial charge is 0.247 e. The predicted octanol–water partition coefficient (Wildman–Crippen LogP) is 6.73. The Labute approximate surface area is 152 Å². The SMILES string of the molecule is Cl.FC(F)(F)c1ccccc1-c1nc2cccc(Cl)c2cc1CCl. The fraction of sp³-hybridized carbons (Fsp3) is 0.118. The Morgan fingerprint density at radius 2 is 1.71 bits per heavy atom. The molecule has 3 aromatic rings. The van der Waals surface area contributed by atoms with Crippen LogP contribution in [0, 0.1) is 0 Å². The minimum absolute atomic E-state index is 0. The highest BCUT2D eigenvalue weighted by Gasteiger charge is 2.34. The second-order valence-corrected chi connectivity index (χ2v) is 5.65. The number of alkyl halides is 4. The fourth-order valence-corrected chi connectivity index (χ4v) is 2.90. The third-order valence-corrected chi connectivity index (χ3v) is 4.13. The van der Waals surface area contributed by atoms with Crippen LogP contribution in [0.2, 0.25) is 5.02 Å². The maximum Gasteiger partial charge on any atom is 0.417 e. The van der Waals surface area contributed by atoms with Gasteiger partial charge in [-0.1, -0.05) is 35.9 Å². The molecule has 0 aliphatic heterocycles. The summed E-state index contributed by atoms with van der Waals surface area (Å²) in [5.41, 5.74) is 0.530. The Hall–Kier alpha value is -1.49. The minimum atomic E-state index is -4.47. The molecule has 0 N–H and O–H groups in total. The van der Waals surface area contributed by atoms with Crippen molar-refractivity contribution in [3.8, 4) is 11.3 Å². The van der Waals surface area contributed by atoms with Crippen LogP contribution >= 0.6 is 35.6 Å². The maximum atomic E-state index is 13.3. The normalized spacial score (nSPS) is 11.4. The molecule has 126 valence electrons. The van der Waals surface area contributed by atoms with E-state index in [2.05, 4.69) is 4.98 Å². The molecule has 0 fully saturated rings. The molecular weight excluding hydrogens is 382 g/mol. The lowest BCUT2D eigenvalue weighted by Gasteiger charge is -2.15. The number of nitrogens with zero attached hydrogens (tertiary/aromatic N) is 1. The number of fused-ring (bicyclic) bond motifs is 1. The van der Waals surface area contributed by atoms with Crippen LogP contribution in [0.1, 0.15) is 11.1 Å². The van der Waals surface area contributed by atoms with E-state index in [1.165, 1.54) is 12.1 Å². The van der Waals surface area contributed by atoms with Crippen molar-refractivity contribution in [1.82, 2.24) is 4.98 Å². The lowest BCUT2D eigenvalue weighted by Crippen LogP contribution is -2.08. The molecule has 0 saturated heterocycles. The number of halogens is 6. The van der Waals surface area contributed by atoms with Crippen LogP contribution in [0.15, 0.2) is 48.5 Å². The molecule has 0 radical (unpaired) electrons. The molecule has 24 heavy (non-hydrogen) atoms. The third-order valence-electron chi connectivity index (χ3n) is 3.52. The molecule has 0 aliphatic carbocycles. The number of hydrogen-bond donors (Lipinski definition) is 0. The van der Waals surface area contributed by atoms with Crippen molar-refractivity contribution in [3.63, 3.8) is 0 Å². The zero-order valence-corrected chi connectivity index (χ0v) is 14.4. The zero-order valence-electron chi connectivity index (χ0n) is 12.1. The van der Waals surface area contributed by atoms with Gasteiger partial charge >= 0.3 is 6.18 Å². The van der Waals surface area contributed by atoms with Gasteiger partial charge in [0.25, 0.3) is 0 Å². The average molecular weight is 393 g/mol. The molecule has 1 heterocycles. The first kappa shape index (κ1) is 18.8. The van der Waals surface area contributed by atoms with Gasteiger partial charge in [0.1, 0.15) is 0 Å². The number of rotatable bonds is 2. The van der Waals surface area contributed by atoms with Crippen LogP contribution in [0.3, 0.4) is 0 Å². The molecule has 0 amide bonds. The lowest BCUT2D eigenvalue weighted by molar-refractivity contribution is -0.137. The van der Waals surface area contributed by atoms with Crippen molar-refractivity contribution in [1.29, 1.82) is 0 Å². The molecule has 0 aliphatic rings. The Balaban J connectivity index is 0.00000208. The summed E-state index contributed by atoms with van der Waals surface area (Å²) in [6, 6.07) is 12.1. The minimum Gasteiger partial charge on any atom is -0.247 e. The van der Waals surface area contributed by atoms with E-state index >= 15 is 0 Å². The summed E-state index contributed by atoms with van der Waals surface area (Å²) >= 11 is 12.1. The number of aromatic nitrogens is 1. The second-order valence-electron chi connectivity index (χ2n) is 4.98. The molecule has 0 saturated carbocycles. The summed E-state index contributed by atoms with van der Waals surface area (Å²) in [6.07, 6.45) is -4.47. The molecule has 0 atom stereocenters. The monoisotopic (exact) mass is 391 g/mol. The standard InChI is InChI=1S/C17H10Cl2F3N.ClH/c18-9-10-8-12-14(19)6-3-7-15(12)23-16(10)11-4-1-2-5-13(11)17(20,21)22;/h1-8H,9H2;1H. The molecule has 0 spiro atoms. The number of pyridine rings is 1. The zero-order chi connectivity index (χ0) is 16.6. The van der Waals surface area contributed by atoms with Crippen LogP contribution in [-0.2, 0) is 12.1 Å². The van der Waals surface area contributed by atoms with Gasteiger partial charge in [-0.05, 0) is 29.8 Å². The molecular formula is C17H11Cl3F3N. The van der Waals surface area contributed by atoms with Crippen LogP contribution in [0.5, 0.6) is 0 Å². The van der Waals surface area contributed by atoms with Gasteiger partial charge in [-0.2, -0.15) is 13.2 Å². The molecule has 1 nitrogen and oxygen atoms in total. The quantitative estimate of drug-likeness (QED) is 0.440. The van der Waals surface area contributed by atoms with Crippen LogP contribution < -0.4 is 0 Å². The van der Waals surface area contributed by atoms with Gasteiger partial charge in [0, 0.05) is 21.9 Å². The highest BCUT2D eigenvalue weighted by molar-refractivity contribution is 6.35. The van der Waals surface area contributed by atoms with Crippen molar-refractivity contribution in [3.05, 3.63) is 64.7 Å². The summed E-state index contributed by atoms with van der Waals surface area (Å²) in [5.74, 6) is 0.0374. The van der Waals surface area contributed by atoms with E-state index in [9.17, 15) is 13.2 Å². The summed E-state index contributed by atoms with van der Waals surface area (Å²) in [4.78, 5) is 4.38. The first-order valence-corrected chi connectivity index (χ1v) is 7.64. The molecule has 1 aromatic heterocycles. The largest absolute Gasteiger partial charge is 0.417 e. The summed E-state index contributed by atoms with van der Waals surface area (Å²) in [5, 5.41) is 1.15. The van der Waals surface area contributed by atoms with Crippen molar-refractivity contribution in [2.24, 2.45) is 0 Å². The first-order chi connectivity index (χ1) is 10.9. The van der Waals surface area contributed by atoms with Gasteiger partial charge in [-0.15, -0.1) is 24.0 Å². The topological polar surface area (TPSA) is 12.9 Å². The van der Waals surface area contributed by atoms with Gasteiger partial charge in [-0.3, -0.25) is 0 Å². The maximum absolute atomic E-state index is 13.3. The molecule has 0 unspecified atom stereocenters. The molecule has 7 heteroatoms. The van der Waals surface area contributed by atoms with E-state index < -0.39 is 11.7 Å². The van der Waals surface area contributed by atoms with Gasteiger partial charge in [0.05, 0.1) is 16.8 Å². The Bertz CT molecular complexity index is 879. The molecule has 0 bridgehead atoms. The molecule has 3 rings (SSSR count). The van der Waals surface area contributed by atoms with Gasteiger partial charge < -0.3 is 0 Å². The Kier molecular flexibility index (Phi) is 5.63. The Morgan fingerprint density at radius 1 is 1.00 bits per heavy atom. The predicted molar refractivity (Wildman–Crippen MR) is 94.0 cm³/mol.